The third-order valence-corrected chi connectivity index (χ3v) is 3.94. The van der Waals surface area contributed by atoms with Gasteiger partial charge in [-0.25, -0.2) is 4.79 Å². The van der Waals surface area contributed by atoms with Crippen LogP contribution in [0.5, 0.6) is 0 Å². The van der Waals surface area contributed by atoms with Crippen LogP contribution in [0.3, 0.4) is 0 Å². The van der Waals surface area contributed by atoms with E-state index in [0.717, 1.165) is 12.8 Å². The van der Waals surface area contributed by atoms with Crippen molar-refractivity contribution in [2.24, 2.45) is 5.92 Å². The first kappa shape index (κ1) is 12.0. The van der Waals surface area contributed by atoms with Gasteiger partial charge >= 0.3 is 5.69 Å². The van der Waals surface area contributed by atoms with Gasteiger partial charge in [0.2, 0.25) is 5.91 Å². The molecule has 2 fully saturated rings. The number of rotatable bonds is 1. The summed E-state index contributed by atoms with van der Waals surface area (Å²) in [6.07, 6.45) is 3.53. The van der Waals surface area contributed by atoms with Crippen molar-refractivity contribution in [1.82, 2.24) is 20.2 Å². The van der Waals surface area contributed by atoms with E-state index in [1.807, 2.05) is 0 Å². The lowest BCUT2D eigenvalue weighted by atomic mass is 9.85. The molecule has 3 rings (SSSR count). The first-order valence-electron chi connectivity index (χ1n) is 6.50. The summed E-state index contributed by atoms with van der Waals surface area (Å²) in [6.45, 7) is 1.24. The molecule has 1 aromatic heterocycles. The maximum atomic E-state index is 12.2. The molecule has 102 valence electrons. The Hall–Kier alpha value is -2.05. The predicted molar refractivity (Wildman–Crippen MR) is 66.6 cm³/mol. The number of H-pyrrole nitrogens is 2. The Bertz CT molecular complexity index is 561. The number of aromatic nitrogens is 2. The number of carbonyl (C=O) groups is 2. The second-order valence-corrected chi connectivity index (χ2v) is 5.17. The largest absolute Gasteiger partial charge is 0.353 e. The summed E-state index contributed by atoms with van der Waals surface area (Å²) < 4.78 is 0. The van der Waals surface area contributed by atoms with Gasteiger partial charge in [-0.3, -0.25) is 9.59 Å². The quantitative estimate of drug-likeness (QED) is 0.634. The smallest absolute Gasteiger partial charge is 0.323 e. The number of hydrogen-bond donors (Lipinski definition) is 3. The van der Waals surface area contributed by atoms with E-state index in [1.54, 1.807) is 4.90 Å². The van der Waals surface area contributed by atoms with Gasteiger partial charge < -0.3 is 20.2 Å². The molecule has 1 aromatic rings. The number of nitrogens with one attached hydrogen (secondary N) is 3. The van der Waals surface area contributed by atoms with Gasteiger partial charge in [0, 0.05) is 31.7 Å². The Kier molecular flexibility index (Phi) is 2.88. The summed E-state index contributed by atoms with van der Waals surface area (Å²) in [5.74, 6) is 0.269. The van der Waals surface area contributed by atoms with Crippen LogP contribution in [0.4, 0.5) is 0 Å². The number of nitrogens with zero attached hydrogens (tertiary/aromatic N) is 1. The lowest BCUT2D eigenvalue weighted by molar-refractivity contribution is -0.125. The van der Waals surface area contributed by atoms with E-state index in [1.165, 1.54) is 6.20 Å². The first-order valence-corrected chi connectivity index (χ1v) is 6.50. The molecule has 2 saturated heterocycles. The third-order valence-electron chi connectivity index (χ3n) is 3.94. The SMILES string of the molecule is O=C1CCC2CN(C(=O)c3c[nH]c(=O)[nH]3)CCC2N1. The molecule has 0 aromatic carbocycles. The number of aromatic amines is 2. The zero-order chi connectivity index (χ0) is 13.4. The van der Waals surface area contributed by atoms with Crippen molar-refractivity contribution in [1.29, 1.82) is 0 Å². The highest BCUT2D eigenvalue weighted by Gasteiger charge is 2.35. The van der Waals surface area contributed by atoms with Crippen LogP contribution >= 0.6 is 0 Å². The van der Waals surface area contributed by atoms with E-state index in [4.69, 9.17) is 0 Å². The Morgan fingerprint density at radius 2 is 2.16 bits per heavy atom. The minimum absolute atomic E-state index is 0.107. The van der Waals surface area contributed by atoms with Gasteiger partial charge in [-0.1, -0.05) is 0 Å². The summed E-state index contributed by atoms with van der Waals surface area (Å²) in [7, 11) is 0. The third kappa shape index (κ3) is 2.27. The second-order valence-electron chi connectivity index (χ2n) is 5.17. The second kappa shape index (κ2) is 4.56. The molecule has 0 saturated carbocycles. The molecule has 0 radical (unpaired) electrons. The molecule has 2 unspecified atom stereocenters. The molecule has 0 spiro atoms. The minimum atomic E-state index is -0.372. The van der Waals surface area contributed by atoms with Crippen LogP contribution in [0.15, 0.2) is 11.0 Å². The van der Waals surface area contributed by atoms with Gasteiger partial charge in [0.05, 0.1) is 0 Å². The van der Waals surface area contributed by atoms with Crippen LogP contribution in [0, 0.1) is 5.92 Å². The lowest BCUT2D eigenvalue weighted by Crippen LogP contribution is -2.55. The molecule has 2 amide bonds. The van der Waals surface area contributed by atoms with Gasteiger partial charge in [-0.2, -0.15) is 0 Å². The van der Waals surface area contributed by atoms with Crippen LogP contribution in [0.2, 0.25) is 0 Å². The Labute approximate surface area is 109 Å². The van der Waals surface area contributed by atoms with Crippen molar-refractivity contribution in [3.05, 3.63) is 22.4 Å². The summed E-state index contributed by atoms with van der Waals surface area (Å²) in [5.41, 5.74) is -0.0774. The zero-order valence-corrected chi connectivity index (χ0v) is 10.4. The van der Waals surface area contributed by atoms with Gasteiger partial charge in [0.25, 0.3) is 5.91 Å². The van der Waals surface area contributed by atoms with Gasteiger partial charge in [-0.15, -0.1) is 0 Å². The fourth-order valence-corrected chi connectivity index (χ4v) is 2.91. The molecule has 2 aliphatic rings. The fourth-order valence-electron chi connectivity index (χ4n) is 2.91. The molecule has 0 aliphatic carbocycles. The highest BCUT2D eigenvalue weighted by Crippen LogP contribution is 2.25. The van der Waals surface area contributed by atoms with Crippen LogP contribution < -0.4 is 11.0 Å². The standard InChI is InChI=1S/C12H16N4O3/c17-10-2-1-7-6-16(4-3-8(7)14-10)11(18)9-5-13-12(19)15-9/h5,7-8H,1-4,6H2,(H,14,17)(H2,13,15,19). The van der Waals surface area contributed by atoms with E-state index >= 15 is 0 Å². The molecule has 3 N–H and O–H groups in total. The molecule has 2 atom stereocenters. The normalized spacial score (nSPS) is 26.7. The number of likely N-dealkylation sites (tertiary alicyclic amines) is 1. The molecule has 7 heteroatoms. The fraction of sp³-hybridized carbons (Fsp3) is 0.583. The van der Waals surface area contributed by atoms with E-state index in [-0.39, 0.29) is 23.5 Å². The predicted octanol–water partition coefficient (Wildman–Crippen LogP) is -0.556. The van der Waals surface area contributed by atoms with Crippen molar-refractivity contribution in [3.8, 4) is 0 Å². The van der Waals surface area contributed by atoms with Crippen LogP contribution in [0.1, 0.15) is 29.8 Å². The molecular weight excluding hydrogens is 248 g/mol. The average molecular weight is 264 g/mol. The van der Waals surface area contributed by atoms with Crippen molar-refractivity contribution in [3.63, 3.8) is 0 Å². The molecular formula is C12H16N4O3. The van der Waals surface area contributed by atoms with Gasteiger partial charge in [0.1, 0.15) is 5.69 Å². The number of piperidine rings is 2. The lowest BCUT2D eigenvalue weighted by Gasteiger charge is -2.41. The summed E-state index contributed by atoms with van der Waals surface area (Å²) in [4.78, 5) is 41.2. The van der Waals surface area contributed by atoms with E-state index in [0.29, 0.717) is 31.1 Å². The Balaban J connectivity index is 1.69. The number of imidazole rings is 1. The van der Waals surface area contributed by atoms with Crippen LogP contribution in [-0.4, -0.2) is 45.8 Å². The summed E-state index contributed by atoms with van der Waals surface area (Å²) in [5, 5.41) is 2.98. The van der Waals surface area contributed by atoms with E-state index in [2.05, 4.69) is 15.3 Å². The number of amides is 2. The molecule has 2 aliphatic heterocycles. The average Bonchev–Trinajstić information content (AvgIpc) is 2.84. The molecule has 19 heavy (non-hydrogen) atoms. The number of hydrogen-bond acceptors (Lipinski definition) is 3. The van der Waals surface area contributed by atoms with Crippen molar-refractivity contribution in [2.75, 3.05) is 13.1 Å². The maximum absolute atomic E-state index is 12.2. The highest BCUT2D eigenvalue weighted by molar-refractivity contribution is 5.92. The Morgan fingerprint density at radius 1 is 1.32 bits per heavy atom. The van der Waals surface area contributed by atoms with Crippen LogP contribution in [0.25, 0.3) is 0 Å². The summed E-state index contributed by atoms with van der Waals surface area (Å²) in [6, 6.07) is 0.190. The van der Waals surface area contributed by atoms with E-state index < -0.39 is 0 Å². The monoisotopic (exact) mass is 264 g/mol. The molecule has 0 bridgehead atoms. The maximum Gasteiger partial charge on any atom is 0.323 e. The minimum Gasteiger partial charge on any atom is -0.353 e. The summed E-state index contributed by atoms with van der Waals surface area (Å²) >= 11 is 0. The van der Waals surface area contributed by atoms with Crippen molar-refractivity contribution in [2.45, 2.75) is 25.3 Å². The van der Waals surface area contributed by atoms with Crippen molar-refractivity contribution < 1.29 is 9.59 Å². The number of fused-ring (bicyclic) bond motifs is 1. The Morgan fingerprint density at radius 3 is 2.89 bits per heavy atom. The highest BCUT2D eigenvalue weighted by atomic mass is 16.2. The molecule has 3 heterocycles. The first-order chi connectivity index (χ1) is 9.13. The van der Waals surface area contributed by atoms with E-state index in [9.17, 15) is 14.4 Å². The number of carbonyl (C=O) groups excluding carboxylic acids is 2. The topological polar surface area (TPSA) is 98.1 Å². The van der Waals surface area contributed by atoms with Crippen LogP contribution in [-0.2, 0) is 4.79 Å². The zero-order valence-electron chi connectivity index (χ0n) is 10.4. The molecule has 7 nitrogen and oxygen atoms in total. The van der Waals surface area contributed by atoms with Crippen molar-refractivity contribution >= 4 is 11.8 Å². The van der Waals surface area contributed by atoms with Gasteiger partial charge in [0.15, 0.2) is 0 Å². The van der Waals surface area contributed by atoms with Gasteiger partial charge in [-0.05, 0) is 18.8 Å².